The first kappa shape index (κ1) is 22.1. The van der Waals surface area contributed by atoms with Gasteiger partial charge in [0.1, 0.15) is 5.75 Å². The van der Waals surface area contributed by atoms with Crippen molar-refractivity contribution in [2.75, 3.05) is 31.2 Å². The summed E-state index contributed by atoms with van der Waals surface area (Å²) in [5, 5.41) is 2.96. The Kier molecular flexibility index (Phi) is 8.77. The number of thioether (sulfide) groups is 2. The Labute approximate surface area is 182 Å². The van der Waals surface area contributed by atoms with E-state index in [1.807, 2.05) is 41.7 Å². The molecule has 156 valence electrons. The van der Waals surface area contributed by atoms with E-state index in [9.17, 15) is 4.79 Å². The van der Waals surface area contributed by atoms with Gasteiger partial charge in [-0.15, -0.1) is 23.5 Å². The minimum absolute atomic E-state index is 0.0408. The van der Waals surface area contributed by atoms with Crippen molar-refractivity contribution in [1.29, 1.82) is 0 Å². The molecule has 4 nitrogen and oxygen atoms in total. The van der Waals surface area contributed by atoms with Crippen molar-refractivity contribution in [1.82, 2.24) is 10.2 Å². The van der Waals surface area contributed by atoms with Crippen molar-refractivity contribution in [3.63, 3.8) is 0 Å². The first-order chi connectivity index (χ1) is 14.2. The number of carbonyl (C=O) groups is 1. The zero-order chi connectivity index (χ0) is 20.5. The Bertz CT molecular complexity index is 773. The van der Waals surface area contributed by atoms with Crippen molar-refractivity contribution < 1.29 is 9.53 Å². The van der Waals surface area contributed by atoms with Gasteiger partial charge in [0.15, 0.2) is 6.61 Å². The normalized spacial score (nSPS) is 14.3. The van der Waals surface area contributed by atoms with E-state index in [0.717, 1.165) is 42.5 Å². The number of carbonyl (C=O) groups excluding carboxylic acids is 1. The summed E-state index contributed by atoms with van der Waals surface area (Å²) in [5.41, 5.74) is 3.57. The van der Waals surface area contributed by atoms with E-state index in [-0.39, 0.29) is 12.5 Å². The van der Waals surface area contributed by atoms with Gasteiger partial charge < -0.3 is 10.1 Å². The Morgan fingerprint density at radius 1 is 1.03 bits per heavy atom. The number of amides is 1. The third-order valence-electron chi connectivity index (χ3n) is 4.97. The minimum Gasteiger partial charge on any atom is -0.483 e. The van der Waals surface area contributed by atoms with Crippen molar-refractivity contribution in [2.45, 2.75) is 31.5 Å². The zero-order valence-electron chi connectivity index (χ0n) is 17.2. The summed E-state index contributed by atoms with van der Waals surface area (Å²) in [6, 6.07) is 16.5. The molecule has 0 aromatic heterocycles. The van der Waals surface area contributed by atoms with Gasteiger partial charge in [-0.25, -0.2) is 0 Å². The molecular weight excluding hydrogens is 400 g/mol. The SMILES string of the molecule is CCN(CC)Cc1ccc(CNC(=O)COc2ccccc2C2SCCS2)cc1. The van der Waals surface area contributed by atoms with Gasteiger partial charge in [0.2, 0.25) is 0 Å². The summed E-state index contributed by atoms with van der Waals surface area (Å²) < 4.78 is 6.25. The third kappa shape index (κ3) is 6.69. The number of para-hydroxylation sites is 1. The number of rotatable bonds is 10. The average molecular weight is 431 g/mol. The van der Waals surface area contributed by atoms with Crippen molar-refractivity contribution in [2.24, 2.45) is 0 Å². The lowest BCUT2D eigenvalue weighted by Gasteiger charge is -2.18. The highest BCUT2D eigenvalue weighted by Gasteiger charge is 2.21. The van der Waals surface area contributed by atoms with Gasteiger partial charge in [0.25, 0.3) is 5.91 Å². The van der Waals surface area contributed by atoms with E-state index in [4.69, 9.17) is 4.74 Å². The zero-order valence-corrected chi connectivity index (χ0v) is 18.9. The lowest BCUT2D eigenvalue weighted by atomic mass is 10.1. The predicted molar refractivity (Wildman–Crippen MR) is 125 cm³/mol. The van der Waals surface area contributed by atoms with Crippen molar-refractivity contribution in [3.8, 4) is 5.75 Å². The summed E-state index contributed by atoms with van der Waals surface area (Å²) in [6.07, 6.45) is 0. The Morgan fingerprint density at radius 3 is 2.38 bits per heavy atom. The average Bonchev–Trinajstić information content (AvgIpc) is 3.30. The molecule has 1 aliphatic heterocycles. The molecule has 3 rings (SSSR count). The molecular formula is C23H30N2O2S2. The maximum Gasteiger partial charge on any atom is 0.258 e. The van der Waals surface area contributed by atoms with Crippen LogP contribution in [0.5, 0.6) is 5.75 Å². The summed E-state index contributed by atoms with van der Waals surface area (Å²) >= 11 is 3.88. The van der Waals surface area contributed by atoms with E-state index < -0.39 is 0 Å². The van der Waals surface area contributed by atoms with Crippen LogP contribution in [0, 0.1) is 0 Å². The molecule has 29 heavy (non-hydrogen) atoms. The summed E-state index contributed by atoms with van der Waals surface area (Å²) in [6.45, 7) is 7.98. The van der Waals surface area contributed by atoms with E-state index in [1.54, 1.807) is 0 Å². The van der Waals surface area contributed by atoms with Crippen molar-refractivity contribution >= 4 is 29.4 Å². The van der Waals surface area contributed by atoms with E-state index in [1.165, 1.54) is 11.1 Å². The molecule has 0 spiro atoms. The Hall–Kier alpha value is -1.63. The molecule has 0 unspecified atom stereocenters. The van der Waals surface area contributed by atoms with Crippen LogP contribution in [0.25, 0.3) is 0 Å². The standard InChI is InChI=1S/C23H30N2O2S2/c1-3-25(4-2)16-19-11-9-18(10-12-19)15-24-22(26)17-27-21-8-6-5-7-20(21)23-28-13-14-29-23/h5-12,23H,3-4,13-17H2,1-2H3,(H,24,26). The predicted octanol–water partition coefficient (Wildman–Crippen LogP) is 4.70. The van der Waals surface area contributed by atoms with Gasteiger partial charge in [-0.1, -0.05) is 56.3 Å². The van der Waals surface area contributed by atoms with Gasteiger partial charge in [-0.05, 0) is 30.3 Å². The number of benzene rings is 2. The quantitative estimate of drug-likeness (QED) is 0.592. The molecule has 1 heterocycles. The molecule has 0 aliphatic carbocycles. The van der Waals surface area contributed by atoms with Crippen LogP contribution in [0.2, 0.25) is 0 Å². The van der Waals surface area contributed by atoms with Gasteiger partial charge in [0.05, 0.1) is 4.58 Å². The molecule has 1 amide bonds. The van der Waals surface area contributed by atoms with Crippen LogP contribution in [-0.4, -0.2) is 42.0 Å². The summed E-state index contributed by atoms with van der Waals surface area (Å²) in [5.74, 6) is 3.05. The fraction of sp³-hybridized carbons (Fsp3) is 0.435. The van der Waals surface area contributed by atoms with E-state index >= 15 is 0 Å². The van der Waals surface area contributed by atoms with E-state index in [0.29, 0.717) is 11.1 Å². The highest BCUT2D eigenvalue weighted by atomic mass is 32.2. The summed E-state index contributed by atoms with van der Waals surface area (Å²) in [4.78, 5) is 14.6. The smallest absolute Gasteiger partial charge is 0.258 e. The van der Waals surface area contributed by atoms with E-state index in [2.05, 4.69) is 54.4 Å². The molecule has 0 atom stereocenters. The molecule has 1 aliphatic rings. The fourth-order valence-electron chi connectivity index (χ4n) is 3.21. The van der Waals surface area contributed by atoms with Gasteiger partial charge in [-0.2, -0.15) is 0 Å². The topological polar surface area (TPSA) is 41.6 Å². The van der Waals surface area contributed by atoms with Crippen LogP contribution in [0.3, 0.4) is 0 Å². The van der Waals surface area contributed by atoms with Crippen molar-refractivity contribution in [3.05, 3.63) is 65.2 Å². The number of nitrogens with one attached hydrogen (secondary N) is 1. The van der Waals surface area contributed by atoms with Gasteiger partial charge in [0, 0.05) is 30.2 Å². The molecule has 2 aromatic rings. The molecule has 1 N–H and O–H groups in total. The Balaban J connectivity index is 1.46. The third-order valence-corrected chi connectivity index (χ3v) is 8.03. The molecule has 0 saturated carbocycles. The Morgan fingerprint density at radius 2 is 1.69 bits per heavy atom. The molecule has 1 fully saturated rings. The molecule has 1 saturated heterocycles. The lowest BCUT2D eigenvalue weighted by Crippen LogP contribution is -2.28. The number of ether oxygens (including phenoxy) is 1. The molecule has 2 aromatic carbocycles. The maximum atomic E-state index is 12.3. The van der Waals surface area contributed by atoms with Crippen LogP contribution in [0.4, 0.5) is 0 Å². The molecule has 0 bridgehead atoms. The highest BCUT2D eigenvalue weighted by molar-refractivity contribution is 8.19. The number of nitrogens with zero attached hydrogens (tertiary/aromatic N) is 1. The first-order valence-electron chi connectivity index (χ1n) is 10.2. The van der Waals surface area contributed by atoms with Crippen LogP contribution >= 0.6 is 23.5 Å². The lowest BCUT2D eigenvalue weighted by molar-refractivity contribution is -0.123. The van der Waals surface area contributed by atoms with Crippen LogP contribution in [0.15, 0.2) is 48.5 Å². The maximum absolute atomic E-state index is 12.3. The van der Waals surface area contributed by atoms with Crippen LogP contribution < -0.4 is 10.1 Å². The first-order valence-corrected chi connectivity index (χ1v) is 12.3. The largest absolute Gasteiger partial charge is 0.483 e. The fourth-order valence-corrected chi connectivity index (χ4v) is 6.12. The molecule has 6 heteroatoms. The second-order valence-corrected chi connectivity index (χ2v) is 9.68. The summed E-state index contributed by atoms with van der Waals surface area (Å²) in [7, 11) is 0. The van der Waals surface area contributed by atoms with Gasteiger partial charge >= 0.3 is 0 Å². The second kappa shape index (κ2) is 11.5. The van der Waals surface area contributed by atoms with Gasteiger partial charge in [-0.3, -0.25) is 9.69 Å². The molecule has 0 radical (unpaired) electrons. The number of hydrogen-bond acceptors (Lipinski definition) is 5. The highest BCUT2D eigenvalue weighted by Crippen LogP contribution is 2.48. The number of hydrogen-bond donors (Lipinski definition) is 1. The van der Waals surface area contributed by atoms with Crippen LogP contribution in [-0.2, 0) is 17.9 Å². The second-order valence-electron chi connectivity index (χ2n) is 6.95. The van der Waals surface area contributed by atoms with Crippen LogP contribution in [0.1, 0.15) is 35.1 Å². The monoisotopic (exact) mass is 430 g/mol. The minimum atomic E-state index is -0.0984.